The molecule has 4 rings (SSSR count). The Morgan fingerprint density at radius 2 is 1.20 bits per heavy atom. The molecular weight excluding hydrogens is 685 g/mol. The number of amides is 1. The Morgan fingerprint density at radius 1 is 0.696 bits per heavy atom. The molecule has 1 amide bonds. The molecule has 5 heteroatoms. The van der Waals surface area contributed by atoms with E-state index >= 15 is 0 Å². The standard InChI is InChI=1S/C38H50N4O.C4H10.C3H8.3C2H6/c1-5-8-10-14-30-17-23-34(24-18-30)38(43)42(35-25-27-41(7-3)28-26-35)29-31-19-21-33(22-20-31)37(39-4)40-36(13-6-2)32-15-11-9-12-16-32;1-4(2)3;1-3-2;3*1-2/h9,11-12,15-24,35H,5-8,10,13-14,25-29H2,1-4H3;4H,1-3H3;3H2,1-2H3;3*1-2H3. The second kappa shape index (κ2) is 35.8. The van der Waals surface area contributed by atoms with Gasteiger partial charge in [-0.15, -0.1) is 0 Å². The summed E-state index contributed by atoms with van der Waals surface area (Å²) < 4.78 is 0. The lowest BCUT2D eigenvalue weighted by Gasteiger charge is -2.38. The van der Waals surface area contributed by atoms with Crippen LogP contribution in [0, 0.1) is 5.92 Å². The SMILES string of the molecule is CC.CC.CC.CC(C)C.CCC.CCCCCc1ccc(C(=O)N(Cc2ccc(C(N=C(CCC)c3ccccc3)=NC)cc2)C2CCN(CC)CC2)cc1. The average molecular weight is 771 g/mol. The lowest BCUT2D eigenvalue weighted by Crippen LogP contribution is -2.47. The van der Waals surface area contributed by atoms with Crippen molar-refractivity contribution in [3.8, 4) is 0 Å². The smallest absolute Gasteiger partial charge is 0.254 e. The number of carbonyl (C=O) groups is 1. The molecule has 0 aromatic heterocycles. The summed E-state index contributed by atoms with van der Waals surface area (Å²) in [5.41, 5.74) is 6.41. The maximum Gasteiger partial charge on any atom is 0.254 e. The summed E-state index contributed by atoms with van der Waals surface area (Å²) in [5, 5.41) is 0. The van der Waals surface area contributed by atoms with Crippen LogP contribution in [-0.2, 0) is 13.0 Å². The Bertz CT molecular complexity index is 1380. The number of likely N-dealkylation sites (tertiary alicyclic amines) is 1. The van der Waals surface area contributed by atoms with Crippen molar-refractivity contribution in [3.63, 3.8) is 0 Å². The molecule has 0 aliphatic carbocycles. The summed E-state index contributed by atoms with van der Waals surface area (Å²) in [7, 11) is 1.81. The molecule has 1 heterocycles. The van der Waals surface area contributed by atoms with Gasteiger partial charge in [0.25, 0.3) is 5.91 Å². The van der Waals surface area contributed by atoms with Gasteiger partial charge in [-0.2, -0.15) is 0 Å². The number of aliphatic imine (C=N–C) groups is 2. The number of amidine groups is 1. The number of aryl methyl sites for hydroxylation is 1. The molecule has 316 valence electrons. The fraction of sp³-hybridized carbons (Fsp3) is 0.588. The van der Waals surface area contributed by atoms with Gasteiger partial charge >= 0.3 is 0 Å². The van der Waals surface area contributed by atoms with E-state index < -0.39 is 0 Å². The molecule has 0 radical (unpaired) electrons. The van der Waals surface area contributed by atoms with Crippen LogP contribution in [0.25, 0.3) is 0 Å². The molecule has 0 N–H and O–H groups in total. The molecule has 0 atom stereocenters. The van der Waals surface area contributed by atoms with Crippen molar-refractivity contribution in [2.45, 2.75) is 167 Å². The Balaban J connectivity index is 0. The quantitative estimate of drug-likeness (QED) is 0.0987. The van der Waals surface area contributed by atoms with E-state index in [1.165, 1.54) is 31.2 Å². The highest BCUT2D eigenvalue weighted by Gasteiger charge is 2.28. The number of carbonyl (C=O) groups excluding carboxylic acids is 1. The van der Waals surface area contributed by atoms with Crippen LogP contribution in [0.5, 0.6) is 0 Å². The average Bonchev–Trinajstić information content (AvgIpc) is 3.24. The zero-order chi connectivity index (χ0) is 42.7. The van der Waals surface area contributed by atoms with Crippen molar-refractivity contribution in [2.75, 3.05) is 26.7 Å². The number of nitrogens with zero attached hydrogens (tertiary/aromatic N) is 4. The molecule has 1 saturated heterocycles. The van der Waals surface area contributed by atoms with Gasteiger partial charge in [0.2, 0.25) is 0 Å². The minimum atomic E-state index is 0.131. The minimum absolute atomic E-state index is 0.131. The van der Waals surface area contributed by atoms with Crippen LogP contribution < -0.4 is 0 Å². The fourth-order valence-electron chi connectivity index (χ4n) is 5.93. The van der Waals surface area contributed by atoms with E-state index in [0.717, 1.165) is 91.5 Å². The minimum Gasteiger partial charge on any atom is -0.331 e. The molecule has 3 aromatic carbocycles. The van der Waals surface area contributed by atoms with Crippen molar-refractivity contribution >= 4 is 17.5 Å². The van der Waals surface area contributed by atoms with Gasteiger partial charge in [-0.05, 0) is 73.4 Å². The maximum atomic E-state index is 14.0. The van der Waals surface area contributed by atoms with Gasteiger partial charge in [0.15, 0.2) is 5.84 Å². The molecule has 0 spiro atoms. The van der Waals surface area contributed by atoms with E-state index in [1.807, 2.05) is 59.7 Å². The molecule has 3 aromatic rings. The third kappa shape index (κ3) is 22.2. The van der Waals surface area contributed by atoms with Crippen LogP contribution in [0.4, 0.5) is 0 Å². The van der Waals surface area contributed by atoms with Gasteiger partial charge in [-0.1, -0.05) is 189 Å². The highest BCUT2D eigenvalue weighted by atomic mass is 16.2. The second-order valence-electron chi connectivity index (χ2n) is 14.1. The van der Waals surface area contributed by atoms with Crippen LogP contribution in [0.1, 0.15) is 181 Å². The Labute approximate surface area is 347 Å². The Morgan fingerprint density at radius 3 is 1.66 bits per heavy atom. The molecule has 1 fully saturated rings. The van der Waals surface area contributed by atoms with Crippen LogP contribution in [-0.4, -0.2) is 60.0 Å². The molecule has 1 aliphatic heterocycles. The molecule has 1 aliphatic rings. The molecular formula is C51H86N4O. The molecule has 56 heavy (non-hydrogen) atoms. The van der Waals surface area contributed by atoms with Crippen LogP contribution >= 0.6 is 0 Å². The van der Waals surface area contributed by atoms with Crippen LogP contribution in [0.3, 0.4) is 0 Å². The summed E-state index contributed by atoms with van der Waals surface area (Å²) in [4.78, 5) is 28.1. The third-order valence-corrected chi connectivity index (χ3v) is 8.59. The van der Waals surface area contributed by atoms with Crippen molar-refractivity contribution in [1.29, 1.82) is 0 Å². The summed E-state index contributed by atoms with van der Waals surface area (Å²) >= 11 is 0. The van der Waals surface area contributed by atoms with Gasteiger partial charge in [0.05, 0.1) is 5.71 Å². The lowest BCUT2D eigenvalue weighted by molar-refractivity contribution is 0.0554. The second-order valence-corrected chi connectivity index (χ2v) is 14.1. The van der Waals surface area contributed by atoms with E-state index in [-0.39, 0.29) is 11.9 Å². The van der Waals surface area contributed by atoms with Crippen molar-refractivity contribution in [3.05, 3.63) is 107 Å². The van der Waals surface area contributed by atoms with Gasteiger partial charge in [-0.3, -0.25) is 9.79 Å². The number of hydrogen-bond donors (Lipinski definition) is 0. The van der Waals surface area contributed by atoms with E-state index in [4.69, 9.17) is 4.99 Å². The first-order valence-electron chi connectivity index (χ1n) is 22.5. The first kappa shape index (κ1) is 54.5. The zero-order valence-electron chi connectivity index (χ0n) is 39.0. The number of rotatable bonds is 13. The fourth-order valence-corrected chi connectivity index (χ4v) is 5.93. The Kier molecular flexibility index (Phi) is 34.9. The van der Waals surface area contributed by atoms with Crippen molar-refractivity contribution in [1.82, 2.24) is 9.80 Å². The maximum absolute atomic E-state index is 14.0. The monoisotopic (exact) mass is 771 g/mol. The molecule has 0 bridgehead atoms. The van der Waals surface area contributed by atoms with Crippen molar-refractivity contribution in [2.24, 2.45) is 15.9 Å². The van der Waals surface area contributed by atoms with Gasteiger partial charge < -0.3 is 9.80 Å². The predicted molar refractivity (Wildman–Crippen MR) is 252 cm³/mol. The first-order valence-corrected chi connectivity index (χ1v) is 22.5. The van der Waals surface area contributed by atoms with Crippen LogP contribution in [0.15, 0.2) is 88.8 Å². The Hall–Kier alpha value is -3.57. The van der Waals surface area contributed by atoms with E-state index in [9.17, 15) is 4.79 Å². The summed E-state index contributed by atoms with van der Waals surface area (Å²) in [6, 6.07) is 27.4. The lowest BCUT2D eigenvalue weighted by atomic mass is 9.99. The van der Waals surface area contributed by atoms with Crippen LogP contribution in [0.2, 0.25) is 0 Å². The largest absolute Gasteiger partial charge is 0.331 e. The van der Waals surface area contributed by atoms with E-state index in [2.05, 4.69) is 131 Å². The van der Waals surface area contributed by atoms with E-state index in [1.54, 1.807) is 7.05 Å². The van der Waals surface area contributed by atoms with Gasteiger partial charge in [0.1, 0.15) is 0 Å². The zero-order valence-corrected chi connectivity index (χ0v) is 39.0. The van der Waals surface area contributed by atoms with Crippen molar-refractivity contribution < 1.29 is 4.79 Å². The third-order valence-electron chi connectivity index (χ3n) is 8.59. The summed E-state index contributed by atoms with van der Waals surface area (Å²) in [6.45, 7) is 33.1. The number of unbranched alkanes of at least 4 members (excludes halogenated alkanes) is 2. The normalized spacial score (nSPS) is 12.9. The topological polar surface area (TPSA) is 48.3 Å². The highest BCUT2D eigenvalue weighted by Crippen LogP contribution is 2.23. The van der Waals surface area contributed by atoms with Gasteiger partial charge in [-0.25, -0.2) is 4.99 Å². The predicted octanol–water partition coefficient (Wildman–Crippen LogP) is 14.4. The summed E-state index contributed by atoms with van der Waals surface area (Å²) in [5.74, 6) is 1.70. The summed E-state index contributed by atoms with van der Waals surface area (Å²) in [6.07, 6.45) is 9.92. The molecule has 0 unspecified atom stereocenters. The van der Waals surface area contributed by atoms with E-state index in [0.29, 0.717) is 6.54 Å². The number of hydrogen-bond acceptors (Lipinski definition) is 3. The highest BCUT2D eigenvalue weighted by molar-refractivity contribution is 6.12. The molecule has 0 saturated carbocycles. The molecule has 5 nitrogen and oxygen atoms in total. The number of benzene rings is 3. The number of piperidine rings is 1. The van der Waals surface area contributed by atoms with Gasteiger partial charge in [0, 0.05) is 43.9 Å². The first-order chi connectivity index (χ1) is 27.2.